The minimum atomic E-state index is -0.842. The summed E-state index contributed by atoms with van der Waals surface area (Å²) < 4.78 is 0. The SMILES string of the molecule is CCCc1ccc(C#CC(=O)N2CCN(c3ncccn3)C(O)C2)cc1. The fourth-order valence-corrected chi connectivity index (χ4v) is 2.87. The summed E-state index contributed by atoms with van der Waals surface area (Å²) in [5.41, 5.74) is 2.09. The first kappa shape index (κ1) is 17.9. The highest BCUT2D eigenvalue weighted by atomic mass is 16.3. The van der Waals surface area contributed by atoms with Crippen molar-refractivity contribution in [1.29, 1.82) is 0 Å². The van der Waals surface area contributed by atoms with Crippen LogP contribution in [0.5, 0.6) is 0 Å². The Morgan fingerprint density at radius 2 is 1.96 bits per heavy atom. The van der Waals surface area contributed by atoms with Gasteiger partial charge in [-0.25, -0.2) is 9.97 Å². The summed E-state index contributed by atoms with van der Waals surface area (Å²) in [5, 5.41) is 10.3. The van der Waals surface area contributed by atoms with Crippen LogP contribution in [0, 0.1) is 11.8 Å². The van der Waals surface area contributed by atoms with E-state index in [0.717, 1.165) is 18.4 Å². The molecule has 1 aliphatic heterocycles. The zero-order chi connectivity index (χ0) is 18.4. The molecule has 0 bridgehead atoms. The van der Waals surface area contributed by atoms with Gasteiger partial charge < -0.3 is 14.9 Å². The molecule has 6 nitrogen and oxygen atoms in total. The van der Waals surface area contributed by atoms with Crippen LogP contribution in [-0.4, -0.2) is 51.7 Å². The molecule has 1 atom stereocenters. The molecular weight excluding hydrogens is 328 g/mol. The number of aromatic nitrogens is 2. The predicted molar refractivity (Wildman–Crippen MR) is 99.3 cm³/mol. The lowest BCUT2D eigenvalue weighted by molar-refractivity contribution is -0.127. The molecule has 1 fully saturated rings. The number of aliphatic hydroxyl groups is 1. The highest BCUT2D eigenvalue weighted by Gasteiger charge is 2.28. The maximum absolute atomic E-state index is 12.3. The van der Waals surface area contributed by atoms with Crippen molar-refractivity contribution in [1.82, 2.24) is 14.9 Å². The van der Waals surface area contributed by atoms with Crippen LogP contribution in [0.1, 0.15) is 24.5 Å². The number of carbonyl (C=O) groups is 1. The molecule has 0 aliphatic carbocycles. The summed E-state index contributed by atoms with van der Waals surface area (Å²) in [6.45, 7) is 3.26. The number of rotatable bonds is 3. The summed E-state index contributed by atoms with van der Waals surface area (Å²) in [6, 6.07) is 9.68. The zero-order valence-electron chi connectivity index (χ0n) is 14.8. The monoisotopic (exact) mass is 350 g/mol. The third-order valence-electron chi connectivity index (χ3n) is 4.26. The van der Waals surface area contributed by atoms with Crippen LogP contribution < -0.4 is 4.90 Å². The average Bonchev–Trinajstić information content (AvgIpc) is 2.68. The largest absolute Gasteiger partial charge is 0.372 e. The molecular formula is C20H22N4O2. The zero-order valence-corrected chi connectivity index (χ0v) is 14.8. The second-order valence-electron chi connectivity index (χ2n) is 6.17. The quantitative estimate of drug-likeness (QED) is 0.849. The van der Waals surface area contributed by atoms with Crippen LogP contribution in [0.4, 0.5) is 5.95 Å². The Hall–Kier alpha value is -2.91. The Labute approximate surface area is 153 Å². The van der Waals surface area contributed by atoms with E-state index in [2.05, 4.69) is 28.7 Å². The summed E-state index contributed by atoms with van der Waals surface area (Å²) in [4.78, 5) is 23.8. The Bertz CT molecular complexity index is 796. The molecule has 0 spiro atoms. The lowest BCUT2D eigenvalue weighted by Gasteiger charge is -2.37. The molecule has 1 amide bonds. The van der Waals surface area contributed by atoms with Crippen LogP contribution in [0.2, 0.25) is 0 Å². The maximum Gasteiger partial charge on any atom is 0.299 e. The van der Waals surface area contributed by atoms with Crippen molar-refractivity contribution in [3.05, 3.63) is 53.9 Å². The van der Waals surface area contributed by atoms with Crippen LogP contribution in [-0.2, 0) is 11.2 Å². The van der Waals surface area contributed by atoms with Crippen LogP contribution in [0.25, 0.3) is 0 Å². The van der Waals surface area contributed by atoms with Gasteiger partial charge in [-0.2, -0.15) is 0 Å². The molecule has 134 valence electrons. The number of hydrogen-bond acceptors (Lipinski definition) is 5. The fourth-order valence-electron chi connectivity index (χ4n) is 2.87. The number of anilines is 1. The van der Waals surface area contributed by atoms with Gasteiger partial charge in [0.25, 0.3) is 5.91 Å². The van der Waals surface area contributed by atoms with Crippen LogP contribution >= 0.6 is 0 Å². The van der Waals surface area contributed by atoms with E-state index in [-0.39, 0.29) is 12.5 Å². The molecule has 1 aromatic carbocycles. The standard InChI is InChI=1S/C20H22N4O2/c1-2-4-16-5-7-17(8-6-16)9-10-18(25)23-13-14-24(19(26)15-23)20-21-11-3-12-22-20/h3,5-8,11-12,19,26H,2,4,13-15H2,1H3. The molecule has 2 heterocycles. The van der Waals surface area contributed by atoms with E-state index in [1.165, 1.54) is 5.56 Å². The minimum Gasteiger partial charge on any atom is -0.372 e. The lowest BCUT2D eigenvalue weighted by atomic mass is 10.1. The maximum atomic E-state index is 12.3. The smallest absolute Gasteiger partial charge is 0.299 e. The first-order chi connectivity index (χ1) is 12.7. The number of piperazine rings is 1. The number of amides is 1. The highest BCUT2D eigenvalue weighted by Crippen LogP contribution is 2.14. The van der Waals surface area contributed by atoms with Crippen molar-refractivity contribution in [3.8, 4) is 11.8 Å². The number of carbonyl (C=O) groups excluding carboxylic acids is 1. The molecule has 1 unspecified atom stereocenters. The number of β-amino-alcohol motifs (C(OH)–C–C–N with tert-alkyl or cyclic N) is 1. The Balaban J connectivity index is 1.60. The summed E-state index contributed by atoms with van der Waals surface area (Å²) in [5.74, 6) is 5.76. The number of benzene rings is 1. The first-order valence-electron chi connectivity index (χ1n) is 8.79. The van der Waals surface area contributed by atoms with Gasteiger partial charge in [0.1, 0.15) is 6.23 Å². The van der Waals surface area contributed by atoms with Gasteiger partial charge in [0.15, 0.2) is 0 Å². The molecule has 1 N–H and O–H groups in total. The number of aliphatic hydroxyl groups excluding tert-OH is 1. The molecule has 1 saturated heterocycles. The van der Waals surface area contributed by atoms with Crippen LogP contribution in [0.3, 0.4) is 0 Å². The third kappa shape index (κ3) is 4.38. The van der Waals surface area contributed by atoms with Crippen molar-refractivity contribution in [2.24, 2.45) is 0 Å². The van der Waals surface area contributed by atoms with Gasteiger partial charge in [0.2, 0.25) is 5.95 Å². The van der Waals surface area contributed by atoms with Gasteiger partial charge in [-0.3, -0.25) is 4.79 Å². The van der Waals surface area contributed by atoms with Gasteiger partial charge in [-0.05, 0) is 30.2 Å². The summed E-state index contributed by atoms with van der Waals surface area (Å²) in [6.07, 6.45) is 4.56. The van der Waals surface area contributed by atoms with Gasteiger partial charge in [0.05, 0.1) is 6.54 Å². The van der Waals surface area contributed by atoms with E-state index >= 15 is 0 Å². The van der Waals surface area contributed by atoms with Gasteiger partial charge in [-0.1, -0.05) is 31.4 Å². The average molecular weight is 350 g/mol. The molecule has 2 aromatic rings. The molecule has 3 rings (SSSR count). The number of hydrogen-bond donors (Lipinski definition) is 1. The number of nitrogens with zero attached hydrogens (tertiary/aromatic N) is 4. The van der Waals surface area contributed by atoms with Crippen LogP contribution in [0.15, 0.2) is 42.7 Å². The van der Waals surface area contributed by atoms with E-state index in [1.54, 1.807) is 28.3 Å². The molecule has 1 aromatic heterocycles. The second-order valence-corrected chi connectivity index (χ2v) is 6.17. The Kier molecular flexibility index (Phi) is 5.82. The summed E-state index contributed by atoms with van der Waals surface area (Å²) >= 11 is 0. The summed E-state index contributed by atoms with van der Waals surface area (Å²) in [7, 11) is 0. The minimum absolute atomic E-state index is 0.182. The molecule has 1 aliphatic rings. The predicted octanol–water partition coefficient (Wildman–Crippen LogP) is 1.45. The molecule has 0 radical (unpaired) electrons. The Morgan fingerprint density at radius 1 is 1.23 bits per heavy atom. The fraction of sp³-hybridized carbons (Fsp3) is 0.350. The van der Waals surface area contributed by atoms with E-state index in [9.17, 15) is 9.90 Å². The molecule has 26 heavy (non-hydrogen) atoms. The van der Waals surface area contributed by atoms with E-state index in [0.29, 0.717) is 19.0 Å². The van der Waals surface area contributed by atoms with E-state index in [1.807, 2.05) is 24.3 Å². The van der Waals surface area contributed by atoms with Crippen molar-refractivity contribution in [2.75, 3.05) is 24.5 Å². The normalized spacial score (nSPS) is 16.8. The third-order valence-corrected chi connectivity index (χ3v) is 4.26. The first-order valence-corrected chi connectivity index (χ1v) is 8.79. The van der Waals surface area contributed by atoms with Crippen molar-refractivity contribution in [3.63, 3.8) is 0 Å². The molecule has 6 heteroatoms. The van der Waals surface area contributed by atoms with Crippen molar-refractivity contribution < 1.29 is 9.90 Å². The van der Waals surface area contributed by atoms with E-state index in [4.69, 9.17) is 0 Å². The van der Waals surface area contributed by atoms with Crippen molar-refractivity contribution in [2.45, 2.75) is 26.0 Å². The van der Waals surface area contributed by atoms with Gasteiger partial charge in [-0.15, -0.1) is 0 Å². The topological polar surface area (TPSA) is 69.6 Å². The lowest BCUT2D eigenvalue weighted by Crippen LogP contribution is -2.55. The molecule has 0 saturated carbocycles. The van der Waals surface area contributed by atoms with E-state index < -0.39 is 6.23 Å². The number of aryl methyl sites for hydroxylation is 1. The highest BCUT2D eigenvalue weighted by molar-refractivity contribution is 5.94. The van der Waals surface area contributed by atoms with Gasteiger partial charge >= 0.3 is 0 Å². The van der Waals surface area contributed by atoms with Gasteiger partial charge in [0, 0.05) is 37.0 Å². The Morgan fingerprint density at radius 3 is 2.62 bits per heavy atom. The second kappa shape index (κ2) is 8.45. The van der Waals surface area contributed by atoms with Crippen molar-refractivity contribution >= 4 is 11.9 Å².